The van der Waals surface area contributed by atoms with Gasteiger partial charge in [0.1, 0.15) is 11.6 Å². The van der Waals surface area contributed by atoms with Crippen molar-refractivity contribution in [3.63, 3.8) is 0 Å². The van der Waals surface area contributed by atoms with Crippen LogP contribution in [-0.2, 0) is 0 Å². The third-order valence-electron chi connectivity index (χ3n) is 3.82. The molecule has 1 aromatic heterocycles. The van der Waals surface area contributed by atoms with Gasteiger partial charge in [-0.1, -0.05) is 6.42 Å². The zero-order chi connectivity index (χ0) is 11.7. The molecule has 2 fully saturated rings. The van der Waals surface area contributed by atoms with Gasteiger partial charge in [-0.15, -0.1) is 0 Å². The summed E-state index contributed by atoms with van der Waals surface area (Å²) in [5, 5.41) is 0. The lowest BCUT2D eigenvalue weighted by molar-refractivity contribution is 0.133. The van der Waals surface area contributed by atoms with Crippen molar-refractivity contribution in [1.29, 1.82) is 0 Å². The Balaban J connectivity index is 1.71. The summed E-state index contributed by atoms with van der Waals surface area (Å²) in [4.78, 5) is 13.4. The van der Waals surface area contributed by atoms with E-state index in [1.807, 2.05) is 0 Å². The van der Waals surface area contributed by atoms with Crippen molar-refractivity contribution in [2.75, 3.05) is 36.8 Å². The standard InChI is InChI=1S/C12H19N5/c13-11-7-15-12(8-14-11)17-6-5-16-4-2-1-3-10(16)9-17/h7-8,10H,1-6,9H2,(H2,13,14). The van der Waals surface area contributed by atoms with Crippen molar-refractivity contribution in [3.8, 4) is 0 Å². The topological polar surface area (TPSA) is 58.3 Å². The quantitative estimate of drug-likeness (QED) is 0.775. The Morgan fingerprint density at radius 2 is 2.06 bits per heavy atom. The van der Waals surface area contributed by atoms with E-state index in [-0.39, 0.29) is 0 Å². The summed E-state index contributed by atoms with van der Waals surface area (Å²) in [6.45, 7) is 4.55. The molecule has 2 aliphatic heterocycles. The van der Waals surface area contributed by atoms with Gasteiger partial charge in [-0.25, -0.2) is 9.97 Å². The maximum absolute atomic E-state index is 5.56. The predicted octanol–water partition coefficient (Wildman–Crippen LogP) is 0.733. The minimum atomic E-state index is 0.491. The Labute approximate surface area is 102 Å². The first-order chi connectivity index (χ1) is 8.33. The summed E-state index contributed by atoms with van der Waals surface area (Å²) in [5.41, 5.74) is 5.56. The van der Waals surface area contributed by atoms with Gasteiger partial charge in [0.2, 0.25) is 0 Å². The van der Waals surface area contributed by atoms with Gasteiger partial charge >= 0.3 is 0 Å². The van der Waals surface area contributed by atoms with Gasteiger partial charge < -0.3 is 10.6 Å². The molecule has 0 aliphatic carbocycles. The van der Waals surface area contributed by atoms with Gasteiger partial charge in [-0.3, -0.25) is 4.90 Å². The number of nitrogen functional groups attached to an aromatic ring is 1. The number of rotatable bonds is 1. The van der Waals surface area contributed by atoms with Crippen LogP contribution in [0.2, 0.25) is 0 Å². The molecule has 0 spiro atoms. The lowest BCUT2D eigenvalue weighted by Crippen LogP contribution is -2.55. The summed E-state index contributed by atoms with van der Waals surface area (Å²) >= 11 is 0. The minimum absolute atomic E-state index is 0.491. The Bertz CT molecular complexity index is 377. The van der Waals surface area contributed by atoms with Crippen LogP contribution in [0, 0.1) is 0 Å². The highest BCUT2D eigenvalue weighted by Crippen LogP contribution is 2.23. The van der Waals surface area contributed by atoms with Gasteiger partial charge in [0.25, 0.3) is 0 Å². The van der Waals surface area contributed by atoms with E-state index in [0.29, 0.717) is 11.9 Å². The molecular weight excluding hydrogens is 214 g/mol. The first kappa shape index (κ1) is 10.8. The zero-order valence-electron chi connectivity index (χ0n) is 10.0. The summed E-state index contributed by atoms with van der Waals surface area (Å²) in [6, 6.07) is 0.705. The molecule has 2 aliphatic rings. The van der Waals surface area contributed by atoms with E-state index in [2.05, 4.69) is 19.8 Å². The molecule has 1 atom stereocenters. The van der Waals surface area contributed by atoms with Crippen LogP contribution >= 0.6 is 0 Å². The number of piperidine rings is 1. The maximum atomic E-state index is 5.56. The van der Waals surface area contributed by atoms with Crippen LogP contribution in [0.1, 0.15) is 19.3 Å². The van der Waals surface area contributed by atoms with E-state index >= 15 is 0 Å². The number of fused-ring (bicyclic) bond motifs is 1. The van der Waals surface area contributed by atoms with Crippen LogP contribution in [-0.4, -0.2) is 47.1 Å². The van der Waals surface area contributed by atoms with Gasteiger partial charge in [0.05, 0.1) is 12.4 Å². The Kier molecular flexibility index (Phi) is 2.84. The van der Waals surface area contributed by atoms with Gasteiger partial charge in [-0.2, -0.15) is 0 Å². The van der Waals surface area contributed by atoms with Crippen LogP contribution in [0.4, 0.5) is 11.6 Å². The molecule has 1 unspecified atom stereocenters. The molecule has 3 heterocycles. The van der Waals surface area contributed by atoms with Crippen LogP contribution in [0.5, 0.6) is 0 Å². The van der Waals surface area contributed by atoms with E-state index in [0.717, 1.165) is 25.5 Å². The average Bonchev–Trinajstić information content (AvgIpc) is 2.39. The van der Waals surface area contributed by atoms with Crippen molar-refractivity contribution >= 4 is 11.6 Å². The average molecular weight is 233 g/mol. The molecule has 92 valence electrons. The number of hydrogen-bond donors (Lipinski definition) is 1. The molecule has 0 radical (unpaired) electrons. The van der Waals surface area contributed by atoms with Crippen molar-refractivity contribution < 1.29 is 0 Å². The highest BCUT2D eigenvalue weighted by Gasteiger charge is 2.29. The number of anilines is 2. The highest BCUT2D eigenvalue weighted by atomic mass is 15.3. The molecule has 0 aromatic carbocycles. The van der Waals surface area contributed by atoms with Crippen LogP contribution in [0.3, 0.4) is 0 Å². The normalized spacial score (nSPS) is 25.6. The molecule has 0 bridgehead atoms. The Morgan fingerprint density at radius 1 is 1.12 bits per heavy atom. The largest absolute Gasteiger partial charge is 0.382 e. The molecule has 1 aromatic rings. The monoisotopic (exact) mass is 233 g/mol. The number of aromatic nitrogens is 2. The smallest absolute Gasteiger partial charge is 0.147 e. The van der Waals surface area contributed by atoms with Crippen molar-refractivity contribution in [2.45, 2.75) is 25.3 Å². The number of nitrogens with two attached hydrogens (primary N) is 1. The fourth-order valence-corrected chi connectivity index (χ4v) is 2.86. The Morgan fingerprint density at radius 3 is 2.88 bits per heavy atom. The molecule has 3 rings (SSSR count). The second-order valence-electron chi connectivity index (χ2n) is 4.93. The molecule has 5 heteroatoms. The van der Waals surface area contributed by atoms with Crippen LogP contribution in [0.25, 0.3) is 0 Å². The molecule has 17 heavy (non-hydrogen) atoms. The van der Waals surface area contributed by atoms with Crippen LogP contribution < -0.4 is 10.6 Å². The molecule has 2 saturated heterocycles. The number of nitrogens with zero attached hydrogens (tertiary/aromatic N) is 4. The third-order valence-corrected chi connectivity index (χ3v) is 3.82. The first-order valence-electron chi connectivity index (χ1n) is 6.39. The fraction of sp³-hybridized carbons (Fsp3) is 0.667. The number of hydrogen-bond acceptors (Lipinski definition) is 5. The summed E-state index contributed by atoms with van der Waals surface area (Å²) in [5.74, 6) is 1.45. The lowest BCUT2D eigenvalue weighted by atomic mass is 9.99. The van der Waals surface area contributed by atoms with Crippen molar-refractivity contribution in [2.24, 2.45) is 0 Å². The SMILES string of the molecule is Nc1cnc(N2CCN3CCCCC3C2)cn1. The maximum Gasteiger partial charge on any atom is 0.147 e. The van der Waals surface area contributed by atoms with E-state index in [1.165, 1.54) is 25.8 Å². The summed E-state index contributed by atoms with van der Waals surface area (Å²) in [6.07, 6.45) is 7.47. The van der Waals surface area contributed by atoms with E-state index in [1.54, 1.807) is 12.4 Å². The molecule has 0 saturated carbocycles. The second kappa shape index (κ2) is 4.49. The van der Waals surface area contributed by atoms with Gasteiger partial charge in [0, 0.05) is 25.7 Å². The van der Waals surface area contributed by atoms with E-state index in [9.17, 15) is 0 Å². The molecule has 5 nitrogen and oxygen atoms in total. The highest BCUT2D eigenvalue weighted by molar-refractivity contribution is 5.40. The number of piperazine rings is 1. The lowest BCUT2D eigenvalue weighted by Gasteiger charge is -2.44. The van der Waals surface area contributed by atoms with Gasteiger partial charge in [0.15, 0.2) is 0 Å². The van der Waals surface area contributed by atoms with Gasteiger partial charge in [-0.05, 0) is 19.4 Å². The van der Waals surface area contributed by atoms with E-state index in [4.69, 9.17) is 5.73 Å². The van der Waals surface area contributed by atoms with Crippen molar-refractivity contribution in [1.82, 2.24) is 14.9 Å². The summed E-state index contributed by atoms with van der Waals surface area (Å²) < 4.78 is 0. The predicted molar refractivity (Wildman–Crippen MR) is 67.9 cm³/mol. The van der Waals surface area contributed by atoms with Crippen molar-refractivity contribution in [3.05, 3.63) is 12.4 Å². The third kappa shape index (κ3) is 2.20. The van der Waals surface area contributed by atoms with E-state index < -0.39 is 0 Å². The fourth-order valence-electron chi connectivity index (χ4n) is 2.86. The first-order valence-corrected chi connectivity index (χ1v) is 6.39. The molecule has 0 amide bonds. The molecule has 2 N–H and O–H groups in total. The van der Waals surface area contributed by atoms with Crippen LogP contribution in [0.15, 0.2) is 12.4 Å². The summed E-state index contributed by atoms with van der Waals surface area (Å²) in [7, 11) is 0. The Hall–Kier alpha value is -1.36. The second-order valence-corrected chi connectivity index (χ2v) is 4.93. The minimum Gasteiger partial charge on any atom is -0.382 e. The zero-order valence-corrected chi connectivity index (χ0v) is 10.0. The molecular formula is C12H19N5.